The zero-order chi connectivity index (χ0) is 23.8. The van der Waals surface area contributed by atoms with Gasteiger partial charge in [0.15, 0.2) is 0 Å². The normalized spacial score (nSPS) is 23.3. The van der Waals surface area contributed by atoms with Crippen molar-refractivity contribution >= 4 is 18.0 Å². The van der Waals surface area contributed by atoms with Gasteiger partial charge in [-0.2, -0.15) is 0 Å². The molecule has 1 saturated carbocycles. The predicted octanol–water partition coefficient (Wildman–Crippen LogP) is 3.87. The number of ether oxygens (including phenoxy) is 1. The fourth-order valence-electron chi connectivity index (χ4n) is 5.85. The number of benzene rings is 2. The molecule has 5 rings (SSSR count). The van der Waals surface area contributed by atoms with E-state index in [1.165, 1.54) is 0 Å². The average molecular weight is 463 g/mol. The third kappa shape index (κ3) is 4.04. The van der Waals surface area contributed by atoms with Crippen LogP contribution in [0.15, 0.2) is 48.5 Å². The summed E-state index contributed by atoms with van der Waals surface area (Å²) in [5.41, 5.74) is 4.60. The van der Waals surface area contributed by atoms with Crippen molar-refractivity contribution in [2.45, 2.75) is 38.1 Å². The number of amides is 2. The van der Waals surface area contributed by atoms with Gasteiger partial charge in [-0.25, -0.2) is 4.79 Å². The van der Waals surface area contributed by atoms with Crippen LogP contribution in [0.2, 0.25) is 0 Å². The Hall–Kier alpha value is -3.35. The van der Waals surface area contributed by atoms with Crippen LogP contribution >= 0.6 is 0 Å². The maximum atomic E-state index is 13.2. The molecule has 7 nitrogen and oxygen atoms in total. The molecule has 2 aromatic rings. The standard InChI is InChI=1S/C27H30N2O5/c1-2-7-23(25(30)29-13-12-20-21(14-29)24(20)26(31)32)28-27(33)34-15-22-18-10-5-3-8-16(18)17-9-4-6-11-19(17)22/h3-6,8-11,20-24H,2,7,12-15H2,1H3,(H,28,33)(H,31,32)/t20-,21+,23?,24?/m1/s1. The van der Waals surface area contributed by atoms with E-state index in [1.807, 2.05) is 31.2 Å². The summed E-state index contributed by atoms with van der Waals surface area (Å²) in [6, 6.07) is 15.6. The average Bonchev–Trinajstić information content (AvgIpc) is 3.49. The number of carbonyl (C=O) groups is 3. The lowest BCUT2D eigenvalue weighted by atomic mass is 9.98. The van der Waals surface area contributed by atoms with E-state index in [0.29, 0.717) is 25.9 Å². The van der Waals surface area contributed by atoms with Gasteiger partial charge in [-0.05, 0) is 46.9 Å². The minimum absolute atomic E-state index is 0.0342. The molecule has 2 fully saturated rings. The number of hydrogen-bond acceptors (Lipinski definition) is 4. The Morgan fingerprint density at radius 3 is 2.32 bits per heavy atom. The molecule has 2 aromatic carbocycles. The van der Waals surface area contributed by atoms with Gasteiger partial charge in [-0.1, -0.05) is 61.9 Å². The summed E-state index contributed by atoms with van der Waals surface area (Å²) >= 11 is 0. The zero-order valence-corrected chi connectivity index (χ0v) is 19.3. The number of likely N-dealkylation sites (tertiary alicyclic amines) is 1. The number of nitrogens with one attached hydrogen (secondary N) is 1. The Morgan fingerprint density at radius 2 is 1.71 bits per heavy atom. The Labute approximate surface area is 199 Å². The van der Waals surface area contributed by atoms with E-state index in [4.69, 9.17) is 4.74 Å². The number of aliphatic carboxylic acids is 1. The Kier molecular flexibility index (Phi) is 6.02. The molecule has 1 saturated heterocycles. The van der Waals surface area contributed by atoms with Gasteiger partial charge in [0.05, 0.1) is 5.92 Å². The lowest BCUT2D eigenvalue weighted by molar-refractivity contribution is -0.139. The molecule has 34 heavy (non-hydrogen) atoms. The first-order valence-corrected chi connectivity index (χ1v) is 12.1. The minimum Gasteiger partial charge on any atom is -0.481 e. The Balaban J connectivity index is 1.21. The molecule has 1 heterocycles. The molecule has 3 aliphatic rings. The summed E-state index contributed by atoms with van der Waals surface area (Å²) < 4.78 is 5.63. The predicted molar refractivity (Wildman–Crippen MR) is 126 cm³/mol. The second kappa shape index (κ2) is 9.12. The van der Waals surface area contributed by atoms with Gasteiger partial charge in [-0.3, -0.25) is 9.59 Å². The molecule has 7 heteroatoms. The van der Waals surface area contributed by atoms with E-state index in [2.05, 4.69) is 29.6 Å². The van der Waals surface area contributed by atoms with Crippen LogP contribution < -0.4 is 5.32 Å². The second-order valence-corrected chi connectivity index (χ2v) is 9.58. The van der Waals surface area contributed by atoms with Crippen LogP contribution in [-0.2, 0) is 14.3 Å². The fourth-order valence-corrected chi connectivity index (χ4v) is 5.85. The summed E-state index contributed by atoms with van der Waals surface area (Å²) in [6.07, 6.45) is 1.35. The largest absolute Gasteiger partial charge is 0.481 e. The highest BCUT2D eigenvalue weighted by molar-refractivity contribution is 5.86. The number of carboxylic acids is 1. The van der Waals surface area contributed by atoms with Gasteiger partial charge in [-0.15, -0.1) is 0 Å². The maximum absolute atomic E-state index is 13.2. The number of alkyl carbamates (subject to hydrolysis) is 1. The van der Waals surface area contributed by atoms with Crippen LogP contribution in [0.25, 0.3) is 11.1 Å². The van der Waals surface area contributed by atoms with Gasteiger partial charge < -0.3 is 20.1 Å². The third-order valence-electron chi connectivity index (χ3n) is 7.60. The first-order chi connectivity index (χ1) is 16.5. The molecular formula is C27H30N2O5. The van der Waals surface area contributed by atoms with E-state index in [1.54, 1.807) is 4.90 Å². The topological polar surface area (TPSA) is 95.9 Å². The first-order valence-electron chi connectivity index (χ1n) is 12.1. The lowest BCUT2D eigenvalue weighted by Gasteiger charge is -2.30. The van der Waals surface area contributed by atoms with Gasteiger partial charge in [0, 0.05) is 19.0 Å². The molecule has 0 bridgehead atoms. The molecule has 2 unspecified atom stereocenters. The van der Waals surface area contributed by atoms with Crippen LogP contribution in [0.5, 0.6) is 0 Å². The monoisotopic (exact) mass is 462 g/mol. The summed E-state index contributed by atoms with van der Waals surface area (Å²) in [5.74, 6) is -1.08. The number of carbonyl (C=O) groups excluding carboxylic acids is 2. The minimum atomic E-state index is -0.772. The van der Waals surface area contributed by atoms with Crippen LogP contribution in [0, 0.1) is 17.8 Å². The summed E-state index contributed by atoms with van der Waals surface area (Å²) in [7, 11) is 0. The van der Waals surface area contributed by atoms with Gasteiger partial charge >= 0.3 is 12.1 Å². The van der Waals surface area contributed by atoms with Crippen LogP contribution in [0.4, 0.5) is 4.79 Å². The highest BCUT2D eigenvalue weighted by Crippen LogP contribution is 2.51. The molecule has 4 atom stereocenters. The van der Waals surface area contributed by atoms with Crippen LogP contribution in [-0.4, -0.2) is 53.7 Å². The first kappa shape index (κ1) is 22.4. The van der Waals surface area contributed by atoms with E-state index in [9.17, 15) is 19.5 Å². The number of fused-ring (bicyclic) bond motifs is 4. The second-order valence-electron chi connectivity index (χ2n) is 9.58. The highest BCUT2D eigenvalue weighted by atomic mass is 16.5. The zero-order valence-electron chi connectivity index (χ0n) is 19.3. The molecule has 2 N–H and O–H groups in total. The van der Waals surface area contributed by atoms with Crippen molar-refractivity contribution in [1.29, 1.82) is 0 Å². The van der Waals surface area contributed by atoms with E-state index in [0.717, 1.165) is 28.7 Å². The molecule has 0 aromatic heterocycles. The number of carboxylic acid groups (broad SMARTS) is 1. The molecule has 0 spiro atoms. The number of nitrogens with zero attached hydrogens (tertiary/aromatic N) is 1. The molecule has 2 aliphatic carbocycles. The number of piperidine rings is 1. The van der Waals surface area contributed by atoms with Crippen LogP contribution in [0.3, 0.4) is 0 Å². The molecule has 0 radical (unpaired) electrons. The summed E-state index contributed by atoms with van der Waals surface area (Å²) in [5, 5.41) is 12.1. The molecule has 1 aliphatic heterocycles. The van der Waals surface area contributed by atoms with E-state index >= 15 is 0 Å². The Bertz CT molecular complexity index is 1070. The van der Waals surface area contributed by atoms with Gasteiger partial charge in [0.2, 0.25) is 5.91 Å². The quantitative estimate of drug-likeness (QED) is 0.651. The SMILES string of the molecule is CCCC(NC(=O)OCC1c2ccccc2-c2ccccc21)C(=O)N1CC[C@H]2C(C(=O)O)[C@H]2C1. The summed E-state index contributed by atoms with van der Waals surface area (Å²) in [4.78, 5) is 38.9. The van der Waals surface area contributed by atoms with Crippen LogP contribution in [0.1, 0.15) is 43.2 Å². The number of hydrogen-bond donors (Lipinski definition) is 2. The van der Waals surface area contributed by atoms with Gasteiger partial charge in [0.1, 0.15) is 12.6 Å². The fraction of sp³-hybridized carbons (Fsp3) is 0.444. The maximum Gasteiger partial charge on any atom is 0.407 e. The van der Waals surface area contributed by atoms with Crippen molar-refractivity contribution in [2.75, 3.05) is 19.7 Å². The van der Waals surface area contributed by atoms with E-state index < -0.39 is 18.1 Å². The van der Waals surface area contributed by atoms with Crippen molar-refractivity contribution in [1.82, 2.24) is 10.2 Å². The van der Waals surface area contributed by atoms with E-state index in [-0.39, 0.29) is 36.2 Å². The highest BCUT2D eigenvalue weighted by Gasteiger charge is 2.57. The molecule has 178 valence electrons. The van der Waals surface area contributed by atoms with Crippen molar-refractivity contribution in [2.24, 2.45) is 17.8 Å². The number of rotatable bonds is 7. The van der Waals surface area contributed by atoms with Crippen molar-refractivity contribution in [3.8, 4) is 11.1 Å². The van der Waals surface area contributed by atoms with Crippen molar-refractivity contribution in [3.05, 3.63) is 59.7 Å². The van der Waals surface area contributed by atoms with Crippen molar-refractivity contribution in [3.63, 3.8) is 0 Å². The Morgan fingerprint density at radius 1 is 1.06 bits per heavy atom. The molecule has 2 amide bonds. The van der Waals surface area contributed by atoms with Gasteiger partial charge in [0.25, 0.3) is 0 Å². The third-order valence-corrected chi connectivity index (χ3v) is 7.60. The smallest absolute Gasteiger partial charge is 0.407 e. The summed E-state index contributed by atoms with van der Waals surface area (Å²) in [6.45, 7) is 3.15. The molecular weight excluding hydrogens is 432 g/mol. The lowest BCUT2D eigenvalue weighted by Crippen LogP contribution is -2.50. The van der Waals surface area contributed by atoms with Crippen molar-refractivity contribution < 1.29 is 24.2 Å².